The summed E-state index contributed by atoms with van der Waals surface area (Å²) in [6, 6.07) is 0. The first kappa shape index (κ1) is 49.9. The van der Waals surface area contributed by atoms with Crippen LogP contribution in [0.3, 0.4) is 0 Å². The Morgan fingerprint density at radius 1 is 0.490 bits per heavy atom. The second-order valence-electron chi connectivity index (χ2n) is 14.2. The molecule has 0 heterocycles. The minimum atomic E-state index is -4.75. The van der Waals surface area contributed by atoms with Crippen molar-refractivity contribution in [2.24, 2.45) is 0 Å². The number of rotatable bonds is 34. The lowest BCUT2D eigenvalue weighted by Crippen LogP contribution is -2.50. The summed E-state index contributed by atoms with van der Waals surface area (Å²) in [5.41, 5.74) is 0. The molecule has 0 bridgehead atoms. The molecule has 0 aliphatic carbocycles. The summed E-state index contributed by atoms with van der Waals surface area (Å²) in [5.74, 6) is -1.92. The summed E-state index contributed by atoms with van der Waals surface area (Å²) in [4.78, 5) is 24.0. The van der Waals surface area contributed by atoms with E-state index in [1.54, 1.807) is 0 Å². The van der Waals surface area contributed by atoms with Gasteiger partial charge in [0.15, 0.2) is 5.25 Å². The standard InChI is InChI=1S/C24H46O7S.C16H36N/c1-3-5-7-9-11-13-15-17-19-30-23(25)21-22(32(27,28)29)24(26)31-20-18-16-14-12-10-8-6-4-2;1-5-9-13-17(14-10-6-2,15-11-7-3)16-12-8-4/h22H,3-21H2,1-2H3,(H,27,28,29);5-16H2,1-4H3/q;+1. The first-order valence-corrected chi connectivity index (χ1v) is 22.2. The van der Waals surface area contributed by atoms with Crippen molar-refractivity contribution >= 4 is 22.1 Å². The monoisotopic (exact) mass is 721 g/mol. The average molecular weight is 721 g/mol. The van der Waals surface area contributed by atoms with Gasteiger partial charge in [-0.2, -0.15) is 8.42 Å². The zero-order chi connectivity index (χ0) is 37.1. The van der Waals surface area contributed by atoms with Crippen molar-refractivity contribution in [2.75, 3.05) is 39.4 Å². The molecule has 8 nitrogen and oxygen atoms in total. The third-order valence-electron chi connectivity index (χ3n) is 9.42. The van der Waals surface area contributed by atoms with Gasteiger partial charge in [0, 0.05) is 0 Å². The number of carbonyl (C=O) groups excluding carboxylic acids is 2. The van der Waals surface area contributed by atoms with Crippen molar-refractivity contribution in [3.05, 3.63) is 0 Å². The number of unbranched alkanes of at least 4 members (excludes halogenated alkanes) is 18. The summed E-state index contributed by atoms with van der Waals surface area (Å²) in [6.45, 7) is 19.6. The molecule has 0 radical (unpaired) electrons. The molecule has 294 valence electrons. The molecule has 0 amide bonds. The van der Waals surface area contributed by atoms with Crippen LogP contribution in [0.25, 0.3) is 0 Å². The van der Waals surface area contributed by atoms with Crippen molar-refractivity contribution in [3.8, 4) is 0 Å². The van der Waals surface area contributed by atoms with Crippen LogP contribution in [0.2, 0.25) is 0 Å². The van der Waals surface area contributed by atoms with E-state index in [0.29, 0.717) is 12.8 Å². The maximum absolute atomic E-state index is 12.1. The van der Waals surface area contributed by atoms with Crippen LogP contribution in [-0.4, -0.2) is 74.0 Å². The lowest BCUT2D eigenvalue weighted by Gasteiger charge is -2.39. The van der Waals surface area contributed by atoms with Crippen LogP contribution in [0.4, 0.5) is 0 Å². The van der Waals surface area contributed by atoms with Gasteiger partial charge in [-0.15, -0.1) is 0 Å². The molecule has 0 aromatic heterocycles. The van der Waals surface area contributed by atoms with Gasteiger partial charge >= 0.3 is 11.9 Å². The van der Waals surface area contributed by atoms with Crippen LogP contribution in [0.5, 0.6) is 0 Å². The molecule has 1 atom stereocenters. The minimum Gasteiger partial charge on any atom is -0.466 e. The second kappa shape index (κ2) is 35.2. The lowest BCUT2D eigenvalue weighted by molar-refractivity contribution is -0.929. The number of esters is 2. The molecule has 0 aromatic carbocycles. The van der Waals surface area contributed by atoms with Crippen LogP contribution < -0.4 is 0 Å². The van der Waals surface area contributed by atoms with Gasteiger partial charge in [-0.25, -0.2) is 0 Å². The van der Waals surface area contributed by atoms with E-state index in [-0.39, 0.29) is 13.2 Å². The third kappa shape index (κ3) is 31.3. The Bertz CT molecular complexity index is 812. The highest BCUT2D eigenvalue weighted by molar-refractivity contribution is 7.87. The van der Waals surface area contributed by atoms with Gasteiger partial charge in [-0.1, -0.05) is 157 Å². The van der Waals surface area contributed by atoms with E-state index in [2.05, 4.69) is 41.5 Å². The molecule has 0 fully saturated rings. The molecule has 0 aromatic rings. The summed E-state index contributed by atoms with van der Waals surface area (Å²) in [7, 11) is -4.75. The number of ether oxygens (including phenoxy) is 2. The van der Waals surface area contributed by atoms with Gasteiger partial charge in [0.05, 0.1) is 45.8 Å². The van der Waals surface area contributed by atoms with E-state index in [1.165, 1.54) is 133 Å². The molecule has 1 unspecified atom stereocenters. The highest BCUT2D eigenvalue weighted by Gasteiger charge is 2.35. The summed E-state index contributed by atoms with van der Waals surface area (Å²) >= 11 is 0. The van der Waals surface area contributed by atoms with E-state index in [0.717, 1.165) is 38.5 Å². The van der Waals surface area contributed by atoms with Gasteiger partial charge in [0.1, 0.15) is 0 Å². The highest BCUT2D eigenvalue weighted by Crippen LogP contribution is 2.17. The van der Waals surface area contributed by atoms with Crippen molar-refractivity contribution in [3.63, 3.8) is 0 Å². The number of hydrogen-bond acceptors (Lipinski definition) is 6. The number of nitrogens with zero attached hydrogens (tertiary/aromatic N) is 1. The van der Waals surface area contributed by atoms with Gasteiger partial charge in [0.25, 0.3) is 10.1 Å². The second-order valence-corrected chi connectivity index (χ2v) is 15.8. The SMILES string of the molecule is CCCCCCCCCCOC(=O)CC(C(=O)OCCCCCCCCCC)S(=O)(=O)O.CCCC[N+](CCCC)(CCCC)CCCC. The Labute approximate surface area is 304 Å². The third-order valence-corrected chi connectivity index (χ3v) is 10.5. The quantitative estimate of drug-likeness (QED) is 0.0305. The first-order chi connectivity index (χ1) is 23.6. The fourth-order valence-corrected chi connectivity index (χ4v) is 6.75. The molecule has 0 rings (SSSR count). The van der Waals surface area contributed by atoms with Crippen LogP contribution in [0, 0.1) is 0 Å². The topological polar surface area (TPSA) is 107 Å². The smallest absolute Gasteiger partial charge is 0.327 e. The number of carbonyl (C=O) groups is 2. The van der Waals surface area contributed by atoms with Crippen molar-refractivity contribution in [1.29, 1.82) is 0 Å². The summed E-state index contributed by atoms with van der Waals surface area (Å²) in [5, 5.41) is -1.93. The fraction of sp³-hybridized carbons (Fsp3) is 0.950. The highest BCUT2D eigenvalue weighted by atomic mass is 32.2. The average Bonchev–Trinajstić information content (AvgIpc) is 3.08. The molecule has 0 saturated heterocycles. The van der Waals surface area contributed by atoms with Crippen molar-refractivity contribution < 1.29 is 36.5 Å². The Hall–Kier alpha value is -1.19. The molecular weight excluding hydrogens is 639 g/mol. The van der Waals surface area contributed by atoms with Crippen LogP contribution >= 0.6 is 0 Å². The zero-order valence-corrected chi connectivity index (χ0v) is 34.1. The molecule has 1 N–H and O–H groups in total. The minimum absolute atomic E-state index is 0.0765. The lowest BCUT2D eigenvalue weighted by atomic mass is 10.1. The molecule has 49 heavy (non-hydrogen) atoms. The van der Waals surface area contributed by atoms with Crippen LogP contribution in [0.15, 0.2) is 0 Å². The molecule has 0 aliphatic rings. The number of hydrogen-bond donors (Lipinski definition) is 1. The molecule has 0 saturated carbocycles. The maximum atomic E-state index is 12.1. The summed E-state index contributed by atoms with van der Waals surface area (Å²) in [6.07, 6.45) is 27.7. The van der Waals surface area contributed by atoms with Gasteiger partial charge < -0.3 is 14.0 Å². The van der Waals surface area contributed by atoms with Crippen LogP contribution in [-0.2, 0) is 29.2 Å². The summed E-state index contributed by atoms with van der Waals surface area (Å²) < 4.78 is 43.9. The fourth-order valence-electron chi connectivity index (χ4n) is 6.09. The van der Waals surface area contributed by atoms with Crippen molar-refractivity contribution in [1.82, 2.24) is 0 Å². The predicted octanol–water partition coefficient (Wildman–Crippen LogP) is 11.0. The molecule has 9 heteroatoms. The normalized spacial score (nSPS) is 12.3. The molecular formula is C40H82NO7S+. The van der Waals surface area contributed by atoms with Crippen LogP contribution in [0.1, 0.15) is 202 Å². The maximum Gasteiger partial charge on any atom is 0.327 e. The first-order valence-electron chi connectivity index (χ1n) is 20.7. The Morgan fingerprint density at radius 2 is 0.796 bits per heavy atom. The van der Waals surface area contributed by atoms with Gasteiger partial charge in [-0.3, -0.25) is 14.1 Å². The molecule has 0 aliphatic heterocycles. The van der Waals surface area contributed by atoms with Gasteiger partial charge in [-0.05, 0) is 38.5 Å². The van der Waals surface area contributed by atoms with E-state index >= 15 is 0 Å². The largest absolute Gasteiger partial charge is 0.466 e. The zero-order valence-electron chi connectivity index (χ0n) is 33.2. The predicted molar refractivity (Wildman–Crippen MR) is 206 cm³/mol. The Balaban J connectivity index is 0. The van der Waals surface area contributed by atoms with Gasteiger partial charge in [0.2, 0.25) is 0 Å². The Morgan fingerprint density at radius 3 is 1.12 bits per heavy atom. The molecule has 0 spiro atoms. The van der Waals surface area contributed by atoms with E-state index in [9.17, 15) is 22.6 Å². The Kier molecular flexibility index (Phi) is 35.9. The van der Waals surface area contributed by atoms with E-state index in [4.69, 9.17) is 9.47 Å². The van der Waals surface area contributed by atoms with E-state index < -0.39 is 33.7 Å². The number of quaternary nitrogens is 1. The van der Waals surface area contributed by atoms with E-state index in [1.807, 2.05) is 0 Å². The van der Waals surface area contributed by atoms with Crippen molar-refractivity contribution in [2.45, 2.75) is 207 Å².